The van der Waals surface area contributed by atoms with Crippen LogP contribution in [0, 0.1) is 34.5 Å². The highest BCUT2D eigenvalue weighted by atomic mass is 14.9. The van der Waals surface area contributed by atoms with Gasteiger partial charge in [-0.05, 0) is 66.6 Å². The van der Waals surface area contributed by atoms with E-state index in [-0.39, 0.29) is 0 Å². The van der Waals surface area contributed by atoms with Gasteiger partial charge in [0.25, 0.3) is 0 Å². The van der Waals surface area contributed by atoms with Crippen LogP contribution in [-0.4, -0.2) is 0 Å². The van der Waals surface area contributed by atoms with Crippen LogP contribution in [0.3, 0.4) is 0 Å². The SMILES string of the molecule is C1CC12CC1C3C2C3C12CC2. The maximum absolute atomic E-state index is 1.68. The number of rotatable bonds is 0. The zero-order valence-corrected chi connectivity index (χ0v) is 6.84. The maximum atomic E-state index is 1.68. The molecule has 5 rings (SSSR count). The third kappa shape index (κ3) is 0.290. The standard InChI is InChI=1S/C11H14/c1-2-10(1)5-6-7-8(10)9(7)11(6)3-4-11/h6-9H,1-5H2. The minimum atomic E-state index is 0.994. The molecule has 0 nitrogen and oxygen atoms in total. The van der Waals surface area contributed by atoms with Gasteiger partial charge in [0, 0.05) is 0 Å². The van der Waals surface area contributed by atoms with Crippen molar-refractivity contribution >= 4 is 0 Å². The molecule has 0 saturated heterocycles. The second-order valence-corrected chi connectivity index (χ2v) is 6.04. The molecule has 5 aliphatic carbocycles. The van der Waals surface area contributed by atoms with Crippen molar-refractivity contribution < 1.29 is 0 Å². The van der Waals surface area contributed by atoms with E-state index >= 15 is 0 Å². The predicted octanol–water partition coefficient (Wildman–Crippen LogP) is 2.44. The molecular formula is C11H14. The summed E-state index contributed by atoms with van der Waals surface area (Å²) in [5.41, 5.74) is 2.01. The van der Waals surface area contributed by atoms with Gasteiger partial charge in [-0.3, -0.25) is 0 Å². The van der Waals surface area contributed by atoms with Gasteiger partial charge in [-0.15, -0.1) is 0 Å². The Balaban J connectivity index is 1.69. The average Bonchev–Trinajstić information content (AvgIpc) is 2.81. The quantitative estimate of drug-likeness (QED) is 0.492. The minimum Gasteiger partial charge on any atom is -0.0468 e. The summed E-state index contributed by atoms with van der Waals surface area (Å²) in [5, 5.41) is 0. The van der Waals surface area contributed by atoms with E-state index in [9.17, 15) is 0 Å². The normalized spacial score (nSPS) is 67.6. The molecule has 0 aromatic rings. The largest absolute Gasteiger partial charge is 0.0468 e. The monoisotopic (exact) mass is 146 g/mol. The Hall–Kier alpha value is 0. The first-order valence-electron chi connectivity index (χ1n) is 5.38. The number of hydrogen-bond acceptors (Lipinski definition) is 0. The Labute approximate surface area is 67.4 Å². The Morgan fingerprint density at radius 1 is 0.909 bits per heavy atom. The van der Waals surface area contributed by atoms with Gasteiger partial charge in [-0.1, -0.05) is 0 Å². The van der Waals surface area contributed by atoms with Gasteiger partial charge in [-0.2, -0.15) is 0 Å². The lowest BCUT2D eigenvalue weighted by atomic mass is 9.65. The molecule has 0 aromatic carbocycles. The van der Waals surface area contributed by atoms with E-state index < -0.39 is 0 Å². The topological polar surface area (TPSA) is 0 Å². The van der Waals surface area contributed by atoms with Crippen molar-refractivity contribution in [2.75, 3.05) is 0 Å². The minimum absolute atomic E-state index is 0.994. The van der Waals surface area contributed by atoms with Crippen LogP contribution in [0.4, 0.5) is 0 Å². The predicted molar refractivity (Wildman–Crippen MR) is 41.9 cm³/mol. The summed E-state index contributed by atoms with van der Waals surface area (Å²) in [6.07, 6.45) is 8.18. The van der Waals surface area contributed by atoms with Crippen LogP contribution < -0.4 is 0 Å². The maximum Gasteiger partial charge on any atom is -0.0232 e. The van der Waals surface area contributed by atoms with Crippen LogP contribution in [0.1, 0.15) is 32.1 Å². The van der Waals surface area contributed by atoms with Gasteiger partial charge in [0.2, 0.25) is 0 Å². The summed E-state index contributed by atoms with van der Waals surface area (Å²) in [4.78, 5) is 0. The Kier molecular flexibility index (Phi) is 0.428. The number of hydrogen-bond donors (Lipinski definition) is 0. The van der Waals surface area contributed by atoms with Crippen molar-refractivity contribution in [1.82, 2.24) is 0 Å². The first kappa shape index (κ1) is 4.89. The molecule has 11 heavy (non-hydrogen) atoms. The summed E-state index contributed by atoms with van der Waals surface area (Å²) < 4.78 is 0. The fourth-order valence-corrected chi connectivity index (χ4v) is 5.34. The van der Waals surface area contributed by atoms with Gasteiger partial charge in [0.05, 0.1) is 0 Å². The highest BCUT2D eigenvalue weighted by Crippen LogP contribution is 2.95. The first-order chi connectivity index (χ1) is 5.38. The molecule has 0 heterocycles. The smallest absolute Gasteiger partial charge is 0.0232 e. The van der Waals surface area contributed by atoms with Crippen LogP contribution in [0.25, 0.3) is 0 Å². The third-order valence-corrected chi connectivity index (χ3v) is 6.00. The molecule has 0 aliphatic heterocycles. The first-order valence-corrected chi connectivity index (χ1v) is 5.38. The molecule has 4 atom stereocenters. The van der Waals surface area contributed by atoms with E-state index in [2.05, 4.69) is 0 Å². The Morgan fingerprint density at radius 3 is 2.18 bits per heavy atom. The number of fused-ring (bicyclic) bond motifs is 4. The summed E-state index contributed by atoms with van der Waals surface area (Å²) in [6, 6.07) is 0. The van der Waals surface area contributed by atoms with E-state index in [4.69, 9.17) is 0 Å². The van der Waals surface area contributed by atoms with Gasteiger partial charge in [-0.25, -0.2) is 0 Å². The van der Waals surface area contributed by atoms with E-state index in [1.54, 1.807) is 32.1 Å². The van der Waals surface area contributed by atoms with Gasteiger partial charge in [0.1, 0.15) is 0 Å². The highest BCUT2D eigenvalue weighted by Gasteiger charge is 2.89. The fraction of sp³-hybridized carbons (Fsp3) is 1.00. The molecule has 58 valence electrons. The molecule has 0 radical (unpaired) electrons. The van der Waals surface area contributed by atoms with Crippen LogP contribution in [-0.2, 0) is 0 Å². The molecule has 5 fully saturated rings. The highest BCUT2D eigenvalue weighted by molar-refractivity contribution is 5.37. The fourth-order valence-electron chi connectivity index (χ4n) is 5.34. The van der Waals surface area contributed by atoms with E-state index in [1.807, 2.05) is 0 Å². The third-order valence-electron chi connectivity index (χ3n) is 6.00. The van der Waals surface area contributed by atoms with Crippen LogP contribution in [0.5, 0.6) is 0 Å². The lowest BCUT2D eigenvalue weighted by molar-refractivity contribution is 0.0840. The molecule has 0 aromatic heterocycles. The van der Waals surface area contributed by atoms with Crippen molar-refractivity contribution in [3.8, 4) is 0 Å². The molecule has 0 heteroatoms. The van der Waals surface area contributed by atoms with Gasteiger partial charge < -0.3 is 0 Å². The van der Waals surface area contributed by atoms with Crippen molar-refractivity contribution in [3.63, 3.8) is 0 Å². The molecule has 4 unspecified atom stereocenters. The van der Waals surface area contributed by atoms with Crippen molar-refractivity contribution in [2.45, 2.75) is 32.1 Å². The Morgan fingerprint density at radius 2 is 1.73 bits per heavy atom. The zero-order valence-electron chi connectivity index (χ0n) is 6.84. The van der Waals surface area contributed by atoms with Crippen LogP contribution in [0.2, 0.25) is 0 Å². The summed E-state index contributed by atoms with van der Waals surface area (Å²) in [5.74, 6) is 5.14. The summed E-state index contributed by atoms with van der Waals surface area (Å²) in [6.45, 7) is 0. The molecule has 5 aliphatic rings. The molecular weight excluding hydrogens is 132 g/mol. The van der Waals surface area contributed by atoms with E-state index in [0.29, 0.717) is 0 Å². The lowest BCUT2D eigenvalue weighted by Crippen LogP contribution is -2.34. The van der Waals surface area contributed by atoms with Crippen molar-refractivity contribution in [3.05, 3.63) is 0 Å². The van der Waals surface area contributed by atoms with Gasteiger partial charge >= 0.3 is 0 Å². The molecule has 0 amide bonds. The second kappa shape index (κ2) is 0.963. The zero-order chi connectivity index (χ0) is 6.84. The van der Waals surface area contributed by atoms with Crippen LogP contribution >= 0.6 is 0 Å². The lowest BCUT2D eigenvalue weighted by Gasteiger charge is -2.39. The van der Waals surface area contributed by atoms with E-state index in [0.717, 1.165) is 10.8 Å². The summed E-state index contributed by atoms with van der Waals surface area (Å²) in [7, 11) is 0. The molecule has 0 bridgehead atoms. The Bertz CT molecular complexity index is 256. The summed E-state index contributed by atoms with van der Waals surface area (Å²) >= 11 is 0. The van der Waals surface area contributed by atoms with Gasteiger partial charge in [0.15, 0.2) is 0 Å². The average molecular weight is 146 g/mol. The molecule has 5 saturated carbocycles. The molecule has 0 N–H and O–H groups in total. The van der Waals surface area contributed by atoms with Crippen molar-refractivity contribution in [1.29, 1.82) is 0 Å². The second-order valence-electron chi connectivity index (χ2n) is 6.04. The van der Waals surface area contributed by atoms with E-state index in [1.165, 1.54) is 23.7 Å². The molecule has 2 spiro atoms. The van der Waals surface area contributed by atoms with Crippen molar-refractivity contribution in [2.24, 2.45) is 34.5 Å². The van der Waals surface area contributed by atoms with Crippen LogP contribution in [0.15, 0.2) is 0 Å².